The van der Waals surface area contributed by atoms with Gasteiger partial charge in [-0.05, 0) is 43.9 Å². The SMILES string of the molecule is COc1cccc2[nH]c(C(=O)N3CC(C)(C)CC3(C)C)cc12. The van der Waals surface area contributed by atoms with Crippen LogP contribution in [0.3, 0.4) is 0 Å². The summed E-state index contributed by atoms with van der Waals surface area (Å²) in [6, 6.07) is 7.70. The number of rotatable bonds is 2. The van der Waals surface area contributed by atoms with Gasteiger partial charge in [-0.15, -0.1) is 0 Å². The van der Waals surface area contributed by atoms with Crippen molar-refractivity contribution in [1.82, 2.24) is 9.88 Å². The molecule has 1 fully saturated rings. The Morgan fingerprint density at radius 2 is 2.00 bits per heavy atom. The standard InChI is InChI=1S/C18H24N2O2/c1-17(2)10-18(3,4)20(11-17)16(21)14-9-12-13(19-14)7-6-8-15(12)22-5/h6-9,19H,10-11H2,1-5H3. The van der Waals surface area contributed by atoms with E-state index in [1.807, 2.05) is 29.2 Å². The van der Waals surface area contributed by atoms with E-state index in [9.17, 15) is 4.79 Å². The molecule has 0 aliphatic carbocycles. The van der Waals surface area contributed by atoms with Crippen LogP contribution in [0.2, 0.25) is 0 Å². The van der Waals surface area contributed by atoms with Gasteiger partial charge in [-0.3, -0.25) is 4.79 Å². The molecule has 22 heavy (non-hydrogen) atoms. The number of carbonyl (C=O) groups excluding carboxylic acids is 1. The van der Waals surface area contributed by atoms with Crippen molar-refractivity contribution in [1.29, 1.82) is 0 Å². The third-order valence-electron chi connectivity index (χ3n) is 4.55. The Labute approximate surface area is 131 Å². The van der Waals surface area contributed by atoms with E-state index in [1.54, 1.807) is 7.11 Å². The smallest absolute Gasteiger partial charge is 0.270 e. The molecule has 0 bridgehead atoms. The fourth-order valence-electron chi connectivity index (χ4n) is 3.88. The Bertz CT molecular complexity index is 728. The van der Waals surface area contributed by atoms with Gasteiger partial charge in [0.2, 0.25) is 0 Å². The van der Waals surface area contributed by atoms with Gasteiger partial charge >= 0.3 is 0 Å². The van der Waals surface area contributed by atoms with Crippen molar-refractivity contribution in [2.24, 2.45) is 5.41 Å². The predicted octanol–water partition coefficient (Wildman–Crippen LogP) is 3.83. The minimum atomic E-state index is -0.123. The van der Waals surface area contributed by atoms with Gasteiger partial charge in [-0.1, -0.05) is 19.9 Å². The number of H-pyrrole nitrogens is 1. The number of nitrogens with zero attached hydrogens (tertiary/aromatic N) is 1. The van der Waals surface area contributed by atoms with E-state index in [0.717, 1.165) is 29.6 Å². The van der Waals surface area contributed by atoms with Crippen LogP contribution in [-0.2, 0) is 0 Å². The van der Waals surface area contributed by atoms with Crippen LogP contribution in [0.15, 0.2) is 24.3 Å². The summed E-state index contributed by atoms with van der Waals surface area (Å²) >= 11 is 0. The maximum Gasteiger partial charge on any atom is 0.270 e. The lowest BCUT2D eigenvalue weighted by Gasteiger charge is -2.31. The zero-order chi connectivity index (χ0) is 16.1. The van der Waals surface area contributed by atoms with Crippen molar-refractivity contribution in [3.63, 3.8) is 0 Å². The molecule has 0 saturated carbocycles. The molecular formula is C18H24N2O2. The Morgan fingerprint density at radius 3 is 2.59 bits per heavy atom. The summed E-state index contributed by atoms with van der Waals surface area (Å²) in [6.07, 6.45) is 1.01. The molecule has 2 heterocycles. The molecule has 1 amide bonds. The van der Waals surface area contributed by atoms with Crippen molar-refractivity contribution in [2.45, 2.75) is 39.7 Å². The molecule has 1 N–H and O–H groups in total. The van der Waals surface area contributed by atoms with Crippen molar-refractivity contribution < 1.29 is 9.53 Å². The highest BCUT2D eigenvalue weighted by atomic mass is 16.5. The summed E-state index contributed by atoms with van der Waals surface area (Å²) in [5.74, 6) is 0.850. The molecule has 0 radical (unpaired) electrons. The normalized spacial score (nSPS) is 19.6. The van der Waals surface area contributed by atoms with E-state index in [4.69, 9.17) is 4.74 Å². The highest BCUT2D eigenvalue weighted by Gasteiger charge is 2.45. The highest BCUT2D eigenvalue weighted by molar-refractivity contribution is 6.00. The maximum absolute atomic E-state index is 13.0. The number of likely N-dealkylation sites (tertiary alicyclic amines) is 1. The Kier molecular flexibility index (Phi) is 3.24. The third-order valence-corrected chi connectivity index (χ3v) is 4.55. The van der Waals surface area contributed by atoms with E-state index in [2.05, 4.69) is 32.7 Å². The number of methoxy groups -OCH3 is 1. The van der Waals surface area contributed by atoms with Crippen LogP contribution < -0.4 is 4.74 Å². The topological polar surface area (TPSA) is 45.3 Å². The van der Waals surface area contributed by atoms with Crippen molar-refractivity contribution in [3.05, 3.63) is 30.0 Å². The van der Waals surface area contributed by atoms with Crippen LogP contribution >= 0.6 is 0 Å². The Morgan fingerprint density at radius 1 is 1.27 bits per heavy atom. The number of amides is 1. The van der Waals surface area contributed by atoms with Gasteiger partial charge in [0, 0.05) is 23.0 Å². The summed E-state index contributed by atoms with van der Waals surface area (Å²) < 4.78 is 5.38. The zero-order valence-electron chi connectivity index (χ0n) is 14.0. The Balaban J connectivity index is 1.99. The number of hydrogen-bond donors (Lipinski definition) is 1. The van der Waals surface area contributed by atoms with Crippen LogP contribution in [-0.4, -0.2) is 35.0 Å². The molecule has 0 unspecified atom stereocenters. The lowest BCUT2D eigenvalue weighted by molar-refractivity contribution is 0.0641. The fourth-order valence-corrected chi connectivity index (χ4v) is 3.88. The number of carbonyl (C=O) groups is 1. The maximum atomic E-state index is 13.0. The Hall–Kier alpha value is -1.97. The first-order chi connectivity index (χ1) is 10.2. The number of aromatic nitrogens is 1. The van der Waals surface area contributed by atoms with Gasteiger partial charge in [-0.2, -0.15) is 0 Å². The lowest BCUT2D eigenvalue weighted by Crippen LogP contribution is -2.42. The summed E-state index contributed by atoms with van der Waals surface area (Å²) in [6.45, 7) is 9.50. The van der Waals surface area contributed by atoms with Crippen LogP contribution in [0, 0.1) is 5.41 Å². The molecule has 4 nitrogen and oxygen atoms in total. The van der Waals surface area contributed by atoms with Gasteiger partial charge in [0.05, 0.1) is 7.11 Å². The molecule has 0 spiro atoms. The van der Waals surface area contributed by atoms with Crippen molar-refractivity contribution in [2.75, 3.05) is 13.7 Å². The average molecular weight is 300 g/mol. The largest absolute Gasteiger partial charge is 0.496 e. The van der Waals surface area contributed by atoms with Crippen LogP contribution in [0.25, 0.3) is 10.9 Å². The monoisotopic (exact) mass is 300 g/mol. The van der Waals surface area contributed by atoms with Crippen LogP contribution in [0.5, 0.6) is 5.75 Å². The van der Waals surface area contributed by atoms with Gasteiger partial charge < -0.3 is 14.6 Å². The molecular weight excluding hydrogens is 276 g/mol. The second-order valence-corrected chi connectivity index (χ2v) is 7.65. The lowest BCUT2D eigenvalue weighted by atomic mass is 9.86. The minimum absolute atomic E-state index is 0.0637. The first-order valence-corrected chi connectivity index (χ1v) is 7.71. The quantitative estimate of drug-likeness (QED) is 0.916. The summed E-state index contributed by atoms with van der Waals surface area (Å²) in [7, 11) is 1.65. The van der Waals surface area contributed by atoms with E-state index in [1.165, 1.54) is 0 Å². The van der Waals surface area contributed by atoms with Crippen LogP contribution in [0.4, 0.5) is 0 Å². The molecule has 118 valence electrons. The first-order valence-electron chi connectivity index (χ1n) is 7.71. The van der Waals surface area contributed by atoms with Crippen molar-refractivity contribution >= 4 is 16.8 Å². The second-order valence-electron chi connectivity index (χ2n) is 7.65. The van der Waals surface area contributed by atoms with Gasteiger partial charge in [-0.25, -0.2) is 0 Å². The summed E-state index contributed by atoms with van der Waals surface area (Å²) in [4.78, 5) is 18.2. The number of ether oxygens (including phenoxy) is 1. The number of hydrogen-bond acceptors (Lipinski definition) is 2. The number of aromatic amines is 1. The zero-order valence-corrected chi connectivity index (χ0v) is 14.0. The van der Waals surface area contributed by atoms with E-state index in [-0.39, 0.29) is 16.9 Å². The van der Waals surface area contributed by atoms with Gasteiger partial charge in [0.1, 0.15) is 11.4 Å². The van der Waals surface area contributed by atoms with Crippen molar-refractivity contribution in [3.8, 4) is 5.75 Å². The molecule has 4 heteroatoms. The fraction of sp³-hybridized carbons (Fsp3) is 0.500. The predicted molar refractivity (Wildman–Crippen MR) is 88.4 cm³/mol. The molecule has 1 saturated heterocycles. The minimum Gasteiger partial charge on any atom is -0.496 e. The van der Waals surface area contributed by atoms with Gasteiger partial charge in [0.25, 0.3) is 5.91 Å². The number of nitrogens with one attached hydrogen (secondary N) is 1. The highest BCUT2D eigenvalue weighted by Crippen LogP contribution is 2.41. The van der Waals surface area contributed by atoms with E-state index in [0.29, 0.717) is 5.69 Å². The second kappa shape index (κ2) is 4.77. The molecule has 1 aliphatic heterocycles. The molecule has 2 aromatic rings. The third kappa shape index (κ3) is 2.36. The molecule has 3 rings (SSSR count). The van der Waals surface area contributed by atoms with E-state index < -0.39 is 0 Å². The first kappa shape index (κ1) is 14.9. The molecule has 0 atom stereocenters. The van der Waals surface area contributed by atoms with Crippen LogP contribution in [0.1, 0.15) is 44.6 Å². The molecule has 1 aromatic heterocycles. The number of fused-ring (bicyclic) bond motifs is 1. The average Bonchev–Trinajstić information content (AvgIpc) is 2.95. The molecule has 1 aromatic carbocycles. The van der Waals surface area contributed by atoms with E-state index >= 15 is 0 Å². The molecule has 1 aliphatic rings. The summed E-state index contributed by atoms with van der Waals surface area (Å²) in [5.41, 5.74) is 1.59. The number of benzene rings is 1. The summed E-state index contributed by atoms with van der Waals surface area (Å²) in [5, 5.41) is 0.949. The van der Waals surface area contributed by atoms with Gasteiger partial charge in [0.15, 0.2) is 0 Å².